The predicted octanol–water partition coefficient (Wildman–Crippen LogP) is 2.87. The van der Waals surface area contributed by atoms with Crippen LogP contribution in [-0.4, -0.2) is 70.3 Å². The van der Waals surface area contributed by atoms with Gasteiger partial charge >= 0.3 is 11.9 Å². The van der Waals surface area contributed by atoms with E-state index < -0.39 is 78.2 Å². The molecule has 2 aromatic carbocycles. The number of hydrogen-bond donors (Lipinski definition) is 7. The summed E-state index contributed by atoms with van der Waals surface area (Å²) in [7, 11) is 0. The SMILES string of the molecule is CCOc1cc(-c2ccc(C(=O)NCNC(=O)[C@H](CCc3ccc(F)cc3F)[C@@H](CC)C(=O)NO)o2)ccc1C(=O)N[C@@H](CC(=O)O)C(=O)O. The van der Waals surface area contributed by atoms with Gasteiger partial charge < -0.3 is 35.3 Å². The van der Waals surface area contributed by atoms with Gasteiger partial charge in [0.25, 0.3) is 11.8 Å². The number of carboxylic acids is 2. The van der Waals surface area contributed by atoms with E-state index in [1.54, 1.807) is 13.8 Å². The molecule has 268 valence electrons. The third-order valence-corrected chi connectivity index (χ3v) is 7.58. The molecule has 3 aromatic rings. The van der Waals surface area contributed by atoms with Crippen LogP contribution in [0.3, 0.4) is 0 Å². The number of amides is 4. The van der Waals surface area contributed by atoms with Crippen molar-refractivity contribution >= 4 is 35.6 Å². The van der Waals surface area contributed by atoms with Crippen LogP contribution in [0.5, 0.6) is 5.75 Å². The Kier molecular flexibility index (Phi) is 14.0. The zero-order valence-electron chi connectivity index (χ0n) is 27.0. The van der Waals surface area contributed by atoms with E-state index in [1.165, 1.54) is 41.9 Å². The normalized spacial score (nSPS) is 12.6. The molecule has 0 unspecified atom stereocenters. The number of aliphatic carboxylic acids is 2. The first-order valence-electron chi connectivity index (χ1n) is 15.4. The van der Waals surface area contributed by atoms with Crippen LogP contribution in [0.15, 0.2) is 52.9 Å². The van der Waals surface area contributed by atoms with Crippen molar-refractivity contribution in [3.8, 4) is 17.1 Å². The minimum Gasteiger partial charge on any atom is -0.493 e. The standard InChI is InChI=1S/C33H36F2N4O11/c1-3-20(31(44)39-48)21(9-6-17-5-8-19(34)14-23(17)35)29(42)36-16-37-32(45)26-12-11-25(50-26)18-7-10-22(27(13-18)49-4-2)30(43)38-24(33(46)47)15-28(40)41/h5,7-8,10-14,20-21,24,48H,3-4,6,9,15-16H2,1-2H3,(H,36,42)(H,37,45)(H,38,43)(H,39,44)(H,40,41)(H,46,47)/t20-,21-,24+/m1/s1. The van der Waals surface area contributed by atoms with Crippen molar-refractivity contribution in [3.63, 3.8) is 0 Å². The Bertz CT molecular complexity index is 1730. The number of carboxylic acid groups (broad SMARTS) is 2. The molecule has 50 heavy (non-hydrogen) atoms. The molecule has 3 rings (SSSR count). The second kappa shape index (κ2) is 18.1. The molecule has 0 spiro atoms. The van der Waals surface area contributed by atoms with E-state index in [1.807, 2.05) is 0 Å². The van der Waals surface area contributed by atoms with Gasteiger partial charge in [0.15, 0.2) is 5.76 Å². The molecule has 3 atom stereocenters. The summed E-state index contributed by atoms with van der Waals surface area (Å²) >= 11 is 0. The number of furan rings is 1. The Morgan fingerprint density at radius 3 is 2.24 bits per heavy atom. The van der Waals surface area contributed by atoms with Gasteiger partial charge in [-0.05, 0) is 62.1 Å². The van der Waals surface area contributed by atoms with Crippen molar-refractivity contribution in [2.75, 3.05) is 13.3 Å². The van der Waals surface area contributed by atoms with Crippen LogP contribution >= 0.6 is 0 Å². The second-order valence-electron chi connectivity index (χ2n) is 10.9. The summed E-state index contributed by atoms with van der Waals surface area (Å²) in [5.74, 6) is -9.68. The Morgan fingerprint density at radius 2 is 1.62 bits per heavy atom. The molecule has 0 bridgehead atoms. The van der Waals surface area contributed by atoms with E-state index in [0.717, 1.165) is 6.07 Å². The molecule has 0 aliphatic rings. The van der Waals surface area contributed by atoms with Gasteiger partial charge in [-0.2, -0.15) is 0 Å². The topological polar surface area (TPSA) is 234 Å². The van der Waals surface area contributed by atoms with Crippen LogP contribution in [0.4, 0.5) is 8.78 Å². The second-order valence-corrected chi connectivity index (χ2v) is 10.9. The summed E-state index contributed by atoms with van der Waals surface area (Å²) in [6.07, 6.45) is -0.765. The number of aryl methyl sites for hydroxylation is 1. The van der Waals surface area contributed by atoms with E-state index in [0.29, 0.717) is 11.6 Å². The Labute approximate surface area is 283 Å². The number of benzene rings is 2. The lowest BCUT2D eigenvalue weighted by Gasteiger charge is -2.24. The van der Waals surface area contributed by atoms with E-state index in [4.69, 9.17) is 14.3 Å². The monoisotopic (exact) mass is 702 g/mol. The molecule has 17 heteroatoms. The third-order valence-electron chi connectivity index (χ3n) is 7.58. The first-order chi connectivity index (χ1) is 23.8. The Hall–Kier alpha value is -5.84. The van der Waals surface area contributed by atoms with E-state index >= 15 is 0 Å². The smallest absolute Gasteiger partial charge is 0.326 e. The summed E-state index contributed by atoms with van der Waals surface area (Å²) in [5, 5.41) is 34.5. The molecular weight excluding hydrogens is 666 g/mol. The van der Waals surface area contributed by atoms with Crippen LogP contribution in [0, 0.1) is 23.5 Å². The molecular formula is C33H36F2N4O11. The highest BCUT2D eigenvalue weighted by atomic mass is 19.1. The van der Waals surface area contributed by atoms with Gasteiger partial charge in [-0.1, -0.05) is 19.1 Å². The van der Waals surface area contributed by atoms with Crippen LogP contribution in [0.25, 0.3) is 11.3 Å². The highest BCUT2D eigenvalue weighted by Crippen LogP contribution is 2.29. The summed E-state index contributed by atoms with van der Waals surface area (Å²) in [4.78, 5) is 73.4. The number of nitrogens with one attached hydrogen (secondary N) is 4. The average molecular weight is 703 g/mol. The molecule has 15 nitrogen and oxygen atoms in total. The van der Waals surface area contributed by atoms with E-state index in [9.17, 15) is 47.9 Å². The molecule has 4 amide bonds. The fourth-order valence-corrected chi connectivity index (χ4v) is 5.08. The van der Waals surface area contributed by atoms with Gasteiger partial charge in [0.2, 0.25) is 11.8 Å². The van der Waals surface area contributed by atoms with Crippen LogP contribution < -0.4 is 26.2 Å². The molecule has 1 heterocycles. The summed E-state index contributed by atoms with van der Waals surface area (Å²) in [6.45, 7) is 2.98. The lowest BCUT2D eigenvalue weighted by molar-refractivity contribution is -0.145. The van der Waals surface area contributed by atoms with Crippen molar-refractivity contribution in [2.45, 2.75) is 45.6 Å². The predicted molar refractivity (Wildman–Crippen MR) is 169 cm³/mol. The number of hydrogen-bond acceptors (Lipinski definition) is 9. The highest BCUT2D eigenvalue weighted by Gasteiger charge is 2.32. The lowest BCUT2D eigenvalue weighted by Crippen LogP contribution is -2.45. The average Bonchev–Trinajstić information content (AvgIpc) is 3.57. The summed E-state index contributed by atoms with van der Waals surface area (Å²) in [5.41, 5.74) is 1.94. The maximum Gasteiger partial charge on any atom is 0.326 e. The van der Waals surface area contributed by atoms with Gasteiger partial charge in [-0.3, -0.25) is 29.2 Å². The maximum absolute atomic E-state index is 14.2. The number of carbonyl (C=O) groups excluding carboxylic acids is 4. The molecule has 0 radical (unpaired) electrons. The molecule has 0 saturated heterocycles. The number of hydroxylamine groups is 1. The van der Waals surface area contributed by atoms with E-state index in [-0.39, 0.29) is 54.3 Å². The van der Waals surface area contributed by atoms with Gasteiger partial charge in [-0.25, -0.2) is 19.1 Å². The highest BCUT2D eigenvalue weighted by molar-refractivity contribution is 6.00. The van der Waals surface area contributed by atoms with Crippen LogP contribution in [0.1, 0.15) is 59.6 Å². The maximum atomic E-state index is 14.2. The van der Waals surface area contributed by atoms with Crippen molar-refractivity contribution in [3.05, 3.63) is 77.1 Å². The zero-order valence-corrected chi connectivity index (χ0v) is 27.0. The van der Waals surface area contributed by atoms with Crippen LogP contribution in [-0.2, 0) is 25.6 Å². The van der Waals surface area contributed by atoms with Gasteiger partial charge in [0, 0.05) is 17.5 Å². The Morgan fingerprint density at radius 1 is 0.880 bits per heavy atom. The van der Waals surface area contributed by atoms with Gasteiger partial charge in [-0.15, -0.1) is 0 Å². The number of rotatable bonds is 18. The fourth-order valence-electron chi connectivity index (χ4n) is 5.08. The van der Waals surface area contributed by atoms with Crippen molar-refractivity contribution < 1.29 is 62.1 Å². The third kappa shape index (κ3) is 10.3. The van der Waals surface area contributed by atoms with Crippen molar-refractivity contribution in [1.29, 1.82) is 0 Å². The molecule has 0 aliphatic heterocycles. The molecule has 0 fully saturated rings. The van der Waals surface area contributed by atoms with Crippen molar-refractivity contribution in [2.24, 2.45) is 11.8 Å². The number of ether oxygens (including phenoxy) is 1. The molecule has 0 aliphatic carbocycles. The molecule has 0 saturated carbocycles. The fraction of sp³-hybridized carbons (Fsp3) is 0.333. The molecule has 1 aromatic heterocycles. The minimum atomic E-state index is -1.69. The quantitative estimate of drug-likeness (QED) is 0.0578. The first kappa shape index (κ1) is 38.6. The number of carbonyl (C=O) groups is 6. The first-order valence-corrected chi connectivity index (χ1v) is 15.4. The molecule has 7 N–H and O–H groups in total. The van der Waals surface area contributed by atoms with Gasteiger partial charge in [0.05, 0.1) is 31.2 Å². The van der Waals surface area contributed by atoms with E-state index in [2.05, 4.69) is 16.0 Å². The minimum absolute atomic E-state index is 0.0226. The Balaban J connectivity index is 1.68. The largest absolute Gasteiger partial charge is 0.493 e. The van der Waals surface area contributed by atoms with Gasteiger partial charge in [0.1, 0.15) is 29.2 Å². The van der Waals surface area contributed by atoms with Crippen LogP contribution in [0.2, 0.25) is 0 Å². The van der Waals surface area contributed by atoms with Crippen molar-refractivity contribution in [1.82, 2.24) is 21.4 Å². The number of halogens is 2. The zero-order chi connectivity index (χ0) is 37.0. The summed E-state index contributed by atoms with van der Waals surface area (Å²) in [6, 6.07) is 8.28. The lowest BCUT2D eigenvalue weighted by atomic mass is 9.84. The summed E-state index contributed by atoms with van der Waals surface area (Å²) < 4.78 is 38.7.